The molecule has 1 N–H and O–H groups in total. The van der Waals surface area contributed by atoms with Crippen molar-refractivity contribution in [1.29, 1.82) is 0 Å². The molecule has 22 heavy (non-hydrogen) atoms. The van der Waals surface area contributed by atoms with Crippen LogP contribution in [0.15, 0.2) is 12.4 Å². The fraction of sp³-hybridized carbons (Fsp3) is 0.765. The Morgan fingerprint density at radius 2 is 2.00 bits per heavy atom. The fourth-order valence-electron chi connectivity index (χ4n) is 2.97. The minimum atomic E-state index is -0.170. The largest absolute Gasteiger partial charge is 0.334 e. The zero-order chi connectivity index (χ0) is 16.3. The molecule has 5 nitrogen and oxygen atoms in total. The highest BCUT2D eigenvalue weighted by Crippen LogP contribution is 2.22. The number of carbonyl (C=O) groups is 1. The van der Waals surface area contributed by atoms with Gasteiger partial charge < -0.3 is 14.8 Å². The van der Waals surface area contributed by atoms with Gasteiger partial charge in [-0.05, 0) is 39.5 Å². The first-order chi connectivity index (χ1) is 10.3. The third kappa shape index (κ3) is 4.49. The van der Waals surface area contributed by atoms with Crippen molar-refractivity contribution in [3.8, 4) is 0 Å². The molecule has 124 valence electrons. The summed E-state index contributed by atoms with van der Waals surface area (Å²) >= 11 is 0. The summed E-state index contributed by atoms with van der Waals surface area (Å²) < 4.78 is 2.28. The van der Waals surface area contributed by atoms with E-state index in [9.17, 15) is 4.79 Å². The molecule has 0 spiro atoms. The molecule has 2 rings (SSSR count). The van der Waals surface area contributed by atoms with Gasteiger partial charge in [0.25, 0.3) is 0 Å². The van der Waals surface area contributed by atoms with Gasteiger partial charge >= 0.3 is 6.03 Å². The van der Waals surface area contributed by atoms with Crippen LogP contribution in [0.3, 0.4) is 0 Å². The Labute approximate surface area is 134 Å². The lowest BCUT2D eigenvalue weighted by Gasteiger charge is -2.34. The van der Waals surface area contributed by atoms with Crippen molar-refractivity contribution in [3.05, 3.63) is 18.2 Å². The maximum absolute atomic E-state index is 12.2. The Morgan fingerprint density at radius 3 is 2.55 bits per heavy atom. The highest BCUT2D eigenvalue weighted by Gasteiger charge is 2.25. The van der Waals surface area contributed by atoms with Crippen LogP contribution in [0.1, 0.15) is 59.2 Å². The molecule has 0 radical (unpaired) electrons. The smallest absolute Gasteiger partial charge is 0.317 e. The average Bonchev–Trinajstić information content (AvgIpc) is 2.86. The molecule has 1 fully saturated rings. The Morgan fingerprint density at radius 1 is 1.36 bits per heavy atom. The third-order valence-corrected chi connectivity index (χ3v) is 4.10. The summed E-state index contributed by atoms with van der Waals surface area (Å²) in [5.41, 5.74) is -0.170. The third-order valence-electron chi connectivity index (χ3n) is 4.10. The summed E-state index contributed by atoms with van der Waals surface area (Å²) in [7, 11) is 0. The van der Waals surface area contributed by atoms with Crippen LogP contribution in [0.4, 0.5) is 4.79 Å². The zero-order valence-corrected chi connectivity index (χ0v) is 14.6. The van der Waals surface area contributed by atoms with E-state index in [1.54, 1.807) is 0 Å². The normalized spacial score (nSPS) is 17.1. The summed E-state index contributed by atoms with van der Waals surface area (Å²) in [5, 5.41) is 3.05. The molecule has 1 aromatic heterocycles. The number of piperidine rings is 1. The van der Waals surface area contributed by atoms with Crippen LogP contribution in [-0.4, -0.2) is 39.1 Å². The van der Waals surface area contributed by atoms with Crippen LogP contribution in [0.2, 0.25) is 0 Å². The minimum absolute atomic E-state index is 0.0662. The molecule has 0 atom stereocenters. The molecular formula is C17H30N4O. The second-order valence-corrected chi connectivity index (χ2v) is 7.70. The van der Waals surface area contributed by atoms with Crippen molar-refractivity contribution in [3.63, 3.8) is 0 Å². The van der Waals surface area contributed by atoms with Crippen LogP contribution < -0.4 is 5.32 Å². The zero-order valence-electron chi connectivity index (χ0n) is 14.6. The van der Waals surface area contributed by atoms with E-state index in [2.05, 4.69) is 34.9 Å². The lowest BCUT2D eigenvalue weighted by atomic mass is 9.96. The van der Waals surface area contributed by atoms with Crippen LogP contribution in [-0.2, 0) is 6.54 Å². The van der Waals surface area contributed by atoms with Crippen molar-refractivity contribution in [2.45, 2.75) is 65.5 Å². The molecule has 1 aliphatic rings. The molecule has 2 heterocycles. The van der Waals surface area contributed by atoms with E-state index in [1.165, 1.54) is 0 Å². The molecule has 5 heteroatoms. The standard InChI is InChI=1S/C17H30N4O/c1-13(2)15-18-8-11-21(15)12-14-6-9-20(10-7-14)16(22)19-17(3,4)5/h8,11,13-14H,6-7,9-10,12H2,1-5H3,(H,19,22). The number of nitrogens with one attached hydrogen (secondary N) is 1. The van der Waals surface area contributed by atoms with Gasteiger partial charge in [-0.3, -0.25) is 0 Å². The summed E-state index contributed by atoms with van der Waals surface area (Å²) in [4.78, 5) is 18.6. The van der Waals surface area contributed by atoms with Gasteiger partial charge in [-0.25, -0.2) is 9.78 Å². The first-order valence-electron chi connectivity index (χ1n) is 8.34. The highest BCUT2D eigenvalue weighted by atomic mass is 16.2. The molecule has 0 saturated carbocycles. The Kier molecular flexibility index (Phi) is 5.14. The quantitative estimate of drug-likeness (QED) is 0.932. The number of hydrogen-bond donors (Lipinski definition) is 1. The first-order valence-corrected chi connectivity index (χ1v) is 8.34. The molecular weight excluding hydrogens is 276 g/mol. The second-order valence-electron chi connectivity index (χ2n) is 7.70. The second kappa shape index (κ2) is 6.71. The van der Waals surface area contributed by atoms with Gasteiger partial charge in [0.2, 0.25) is 0 Å². The van der Waals surface area contributed by atoms with Gasteiger partial charge in [-0.2, -0.15) is 0 Å². The van der Waals surface area contributed by atoms with Gasteiger partial charge in [0.05, 0.1) is 0 Å². The SMILES string of the molecule is CC(C)c1nccn1CC1CCN(C(=O)NC(C)(C)C)CC1. The number of carbonyl (C=O) groups excluding carboxylic acids is 1. The van der Waals surface area contributed by atoms with Crippen LogP contribution in [0, 0.1) is 5.92 Å². The number of rotatable bonds is 3. The number of hydrogen-bond acceptors (Lipinski definition) is 2. The monoisotopic (exact) mass is 306 g/mol. The van der Waals surface area contributed by atoms with E-state index in [0.29, 0.717) is 11.8 Å². The minimum Gasteiger partial charge on any atom is -0.334 e. The molecule has 2 amide bonds. The van der Waals surface area contributed by atoms with E-state index in [-0.39, 0.29) is 11.6 Å². The molecule has 1 saturated heterocycles. The van der Waals surface area contributed by atoms with Crippen molar-refractivity contribution in [1.82, 2.24) is 19.8 Å². The van der Waals surface area contributed by atoms with Gasteiger partial charge in [0, 0.05) is 43.5 Å². The predicted molar refractivity (Wildman–Crippen MR) is 88.9 cm³/mol. The lowest BCUT2D eigenvalue weighted by Crippen LogP contribution is -2.50. The molecule has 0 aliphatic carbocycles. The summed E-state index contributed by atoms with van der Waals surface area (Å²) in [6.07, 6.45) is 6.09. The highest BCUT2D eigenvalue weighted by molar-refractivity contribution is 5.75. The molecule has 1 aliphatic heterocycles. The number of urea groups is 1. The van der Waals surface area contributed by atoms with Gasteiger partial charge in [-0.15, -0.1) is 0 Å². The number of aromatic nitrogens is 2. The van der Waals surface area contributed by atoms with Gasteiger partial charge in [0.15, 0.2) is 0 Å². The first kappa shape index (κ1) is 16.8. The van der Waals surface area contributed by atoms with Gasteiger partial charge in [-0.1, -0.05) is 13.8 Å². The number of likely N-dealkylation sites (tertiary alicyclic amines) is 1. The summed E-state index contributed by atoms with van der Waals surface area (Å²) in [5.74, 6) is 2.24. The molecule has 0 unspecified atom stereocenters. The molecule has 1 aromatic rings. The fourth-order valence-corrected chi connectivity index (χ4v) is 2.97. The summed E-state index contributed by atoms with van der Waals surface area (Å²) in [6.45, 7) is 13.1. The maximum atomic E-state index is 12.2. The van der Waals surface area contributed by atoms with Crippen molar-refractivity contribution < 1.29 is 4.79 Å². The van der Waals surface area contributed by atoms with Crippen LogP contribution >= 0.6 is 0 Å². The Bertz CT molecular complexity index is 493. The Balaban J connectivity index is 1.85. The van der Waals surface area contributed by atoms with Crippen molar-refractivity contribution in [2.75, 3.05) is 13.1 Å². The van der Waals surface area contributed by atoms with Crippen molar-refractivity contribution >= 4 is 6.03 Å². The van der Waals surface area contributed by atoms with E-state index in [4.69, 9.17) is 0 Å². The van der Waals surface area contributed by atoms with Crippen LogP contribution in [0.5, 0.6) is 0 Å². The van der Waals surface area contributed by atoms with Gasteiger partial charge in [0.1, 0.15) is 5.82 Å². The number of imidazole rings is 1. The van der Waals surface area contributed by atoms with E-state index in [0.717, 1.165) is 38.3 Å². The maximum Gasteiger partial charge on any atom is 0.317 e. The van der Waals surface area contributed by atoms with E-state index in [1.807, 2.05) is 31.9 Å². The number of amides is 2. The predicted octanol–water partition coefficient (Wildman–Crippen LogP) is 3.23. The van der Waals surface area contributed by atoms with Crippen molar-refractivity contribution in [2.24, 2.45) is 5.92 Å². The van der Waals surface area contributed by atoms with E-state index >= 15 is 0 Å². The molecule has 0 aromatic carbocycles. The average molecular weight is 306 g/mol. The molecule has 0 bridgehead atoms. The summed E-state index contributed by atoms with van der Waals surface area (Å²) in [6, 6.07) is 0.0662. The Hall–Kier alpha value is -1.52. The topological polar surface area (TPSA) is 50.2 Å². The van der Waals surface area contributed by atoms with Crippen LogP contribution in [0.25, 0.3) is 0 Å². The number of nitrogens with zero attached hydrogens (tertiary/aromatic N) is 3. The van der Waals surface area contributed by atoms with E-state index < -0.39 is 0 Å². The lowest BCUT2D eigenvalue weighted by molar-refractivity contribution is 0.158.